The van der Waals surface area contributed by atoms with Gasteiger partial charge in [0.15, 0.2) is 0 Å². The van der Waals surface area contributed by atoms with E-state index in [4.69, 9.17) is 10.4 Å². The van der Waals surface area contributed by atoms with Crippen molar-refractivity contribution in [2.75, 3.05) is 0 Å². The number of carboxylic acids is 1. The number of carboxylic acid groups (broad SMARTS) is 1. The lowest BCUT2D eigenvalue weighted by atomic mass is 10.1. The minimum Gasteiger partial charge on any atom is -0.481 e. The molecule has 4 nitrogen and oxygen atoms in total. The smallest absolute Gasteiger partial charge is 0.303 e. The molecular weight excluding hydrogens is 280 g/mol. The predicted molar refractivity (Wildman–Crippen MR) is 89.7 cm³/mol. The molecule has 0 aliphatic carbocycles. The largest absolute Gasteiger partial charge is 0.481 e. The Morgan fingerprint density at radius 3 is 2.32 bits per heavy atom. The molecule has 2 N–H and O–H groups in total. The standard InChI is InChI=1S/C18H32O4/c1-2-3-4-11-14-17(22-21)15-12-9-7-5-6-8-10-13-16-18(19)20/h9,12,14,21H,2-8,10-11,13,15-16H2,1H3,(H,19,20)/b12-9-,17-14+. The van der Waals surface area contributed by atoms with Gasteiger partial charge in [0.1, 0.15) is 5.76 Å². The van der Waals surface area contributed by atoms with Crippen LogP contribution in [0.25, 0.3) is 0 Å². The molecule has 22 heavy (non-hydrogen) atoms. The molecule has 0 radical (unpaired) electrons. The van der Waals surface area contributed by atoms with Crippen LogP contribution in [0.15, 0.2) is 24.0 Å². The van der Waals surface area contributed by atoms with Crippen LogP contribution in [-0.4, -0.2) is 16.3 Å². The SMILES string of the molecule is CCCCC/C=C(\C/C=C\CCCCCCCC(=O)O)OO. The molecule has 0 spiro atoms. The second kappa shape index (κ2) is 16.1. The van der Waals surface area contributed by atoms with Gasteiger partial charge in [-0.1, -0.05) is 51.2 Å². The normalized spacial score (nSPS) is 12.0. The molecule has 0 rings (SSSR count). The Morgan fingerprint density at radius 1 is 0.955 bits per heavy atom. The highest BCUT2D eigenvalue weighted by Crippen LogP contribution is 2.10. The second-order valence-corrected chi connectivity index (χ2v) is 5.63. The van der Waals surface area contributed by atoms with Crippen molar-refractivity contribution in [2.24, 2.45) is 0 Å². The number of aliphatic carboxylic acids is 1. The number of carbonyl (C=O) groups is 1. The third kappa shape index (κ3) is 15.1. The predicted octanol–water partition coefficient (Wildman–Crippen LogP) is 5.70. The van der Waals surface area contributed by atoms with Crippen LogP contribution in [0.4, 0.5) is 0 Å². The van der Waals surface area contributed by atoms with Crippen molar-refractivity contribution in [1.29, 1.82) is 0 Å². The van der Waals surface area contributed by atoms with Crippen molar-refractivity contribution in [3.8, 4) is 0 Å². The van der Waals surface area contributed by atoms with E-state index in [1.807, 2.05) is 12.2 Å². The molecule has 0 heterocycles. The second-order valence-electron chi connectivity index (χ2n) is 5.63. The number of hydrogen-bond donors (Lipinski definition) is 2. The van der Waals surface area contributed by atoms with Gasteiger partial charge in [-0.15, -0.1) is 0 Å². The molecule has 0 fully saturated rings. The van der Waals surface area contributed by atoms with Crippen molar-refractivity contribution in [3.63, 3.8) is 0 Å². The molecule has 0 aliphatic rings. The summed E-state index contributed by atoms with van der Waals surface area (Å²) in [5.74, 6) is -0.0754. The topological polar surface area (TPSA) is 66.8 Å². The van der Waals surface area contributed by atoms with E-state index in [2.05, 4.69) is 17.9 Å². The monoisotopic (exact) mass is 312 g/mol. The third-order valence-corrected chi connectivity index (χ3v) is 3.54. The van der Waals surface area contributed by atoms with E-state index in [-0.39, 0.29) is 6.42 Å². The van der Waals surface area contributed by atoms with E-state index in [9.17, 15) is 4.79 Å². The van der Waals surface area contributed by atoms with Crippen molar-refractivity contribution < 1.29 is 20.0 Å². The quantitative estimate of drug-likeness (QED) is 0.134. The number of hydrogen-bond acceptors (Lipinski definition) is 3. The van der Waals surface area contributed by atoms with Gasteiger partial charge in [-0.05, 0) is 38.2 Å². The molecule has 0 aromatic rings. The first-order chi connectivity index (χ1) is 10.7. The molecule has 0 aromatic carbocycles. The van der Waals surface area contributed by atoms with Crippen LogP contribution in [0.1, 0.15) is 84.0 Å². The van der Waals surface area contributed by atoms with E-state index in [0.29, 0.717) is 12.2 Å². The fraction of sp³-hybridized carbons (Fsp3) is 0.722. The van der Waals surface area contributed by atoms with Crippen molar-refractivity contribution in [1.82, 2.24) is 0 Å². The maximum Gasteiger partial charge on any atom is 0.303 e. The summed E-state index contributed by atoms with van der Waals surface area (Å²) in [5, 5.41) is 17.3. The van der Waals surface area contributed by atoms with E-state index in [1.54, 1.807) is 0 Å². The van der Waals surface area contributed by atoms with E-state index >= 15 is 0 Å². The van der Waals surface area contributed by atoms with Gasteiger partial charge in [-0.3, -0.25) is 4.79 Å². The van der Waals surface area contributed by atoms with Gasteiger partial charge in [0.05, 0.1) is 0 Å². The Hall–Kier alpha value is -1.29. The van der Waals surface area contributed by atoms with Crippen LogP contribution in [0.2, 0.25) is 0 Å². The molecule has 0 aromatic heterocycles. The zero-order chi connectivity index (χ0) is 16.5. The average Bonchev–Trinajstić information content (AvgIpc) is 2.50. The molecule has 4 heteroatoms. The van der Waals surface area contributed by atoms with E-state index in [1.165, 1.54) is 12.8 Å². The average molecular weight is 312 g/mol. The summed E-state index contributed by atoms with van der Waals surface area (Å²) in [7, 11) is 0. The third-order valence-electron chi connectivity index (χ3n) is 3.54. The number of unbranched alkanes of at least 4 members (excludes halogenated alkanes) is 8. The van der Waals surface area contributed by atoms with Gasteiger partial charge in [-0.25, -0.2) is 5.26 Å². The molecule has 0 bridgehead atoms. The maximum absolute atomic E-state index is 10.3. The Kier molecular flexibility index (Phi) is 15.1. The van der Waals surface area contributed by atoms with Crippen molar-refractivity contribution in [2.45, 2.75) is 84.0 Å². The molecule has 0 aliphatic heterocycles. The summed E-state index contributed by atoms with van der Waals surface area (Å²) in [6.07, 6.45) is 17.7. The lowest BCUT2D eigenvalue weighted by Gasteiger charge is -2.01. The molecule has 0 saturated heterocycles. The summed E-state index contributed by atoms with van der Waals surface area (Å²) in [4.78, 5) is 14.7. The zero-order valence-electron chi connectivity index (χ0n) is 13.9. The van der Waals surface area contributed by atoms with Crippen LogP contribution >= 0.6 is 0 Å². The van der Waals surface area contributed by atoms with Gasteiger partial charge in [-0.2, -0.15) is 0 Å². The van der Waals surface area contributed by atoms with Crippen molar-refractivity contribution >= 4 is 5.97 Å². The summed E-state index contributed by atoms with van der Waals surface area (Å²) in [6, 6.07) is 0. The Morgan fingerprint density at radius 2 is 1.64 bits per heavy atom. The van der Waals surface area contributed by atoms with Gasteiger partial charge in [0, 0.05) is 12.8 Å². The molecule has 0 atom stereocenters. The first kappa shape index (κ1) is 20.7. The first-order valence-corrected chi connectivity index (χ1v) is 8.58. The maximum atomic E-state index is 10.3. The first-order valence-electron chi connectivity index (χ1n) is 8.58. The summed E-state index contributed by atoms with van der Waals surface area (Å²) in [6.45, 7) is 2.17. The van der Waals surface area contributed by atoms with Gasteiger partial charge in [0.2, 0.25) is 0 Å². The molecule has 0 unspecified atom stereocenters. The molecule has 0 amide bonds. The van der Waals surface area contributed by atoms with Gasteiger partial charge < -0.3 is 9.99 Å². The molecular formula is C18H32O4. The summed E-state index contributed by atoms with van der Waals surface area (Å²) < 4.78 is 0. The Bertz CT molecular complexity index is 321. The molecule has 128 valence electrons. The molecule has 0 saturated carbocycles. The lowest BCUT2D eigenvalue weighted by molar-refractivity contribution is -0.204. The highest BCUT2D eigenvalue weighted by atomic mass is 17.1. The fourth-order valence-corrected chi connectivity index (χ4v) is 2.20. The lowest BCUT2D eigenvalue weighted by Crippen LogP contribution is -1.93. The van der Waals surface area contributed by atoms with Crippen LogP contribution in [-0.2, 0) is 9.68 Å². The van der Waals surface area contributed by atoms with E-state index < -0.39 is 5.97 Å². The van der Waals surface area contributed by atoms with Gasteiger partial charge >= 0.3 is 5.97 Å². The highest BCUT2D eigenvalue weighted by Gasteiger charge is 1.97. The van der Waals surface area contributed by atoms with E-state index in [0.717, 1.165) is 51.4 Å². The number of allylic oxidation sites excluding steroid dienone is 3. The minimum atomic E-state index is -0.701. The number of rotatable bonds is 15. The van der Waals surface area contributed by atoms with Crippen LogP contribution in [0, 0.1) is 0 Å². The Labute approximate surface area is 134 Å². The minimum absolute atomic E-state index is 0.286. The van der Waals surface area contributed by atoms with Gasteiger partial charge in [0.25, 0.3) is 0 Å². The highest BCUT2D eigenvalue weighted by molar-refractivity contribution is 5.66. The summed E-state index contributed by atoms with van der Waals surface area (Å²) in [5.41, 5.74) is 0. The van der Waals surface area contributed by atoms with Crippen LogP contribution < -0.4 is 0 Å². The van der Waals surface area contributed by atoms with Crippen LogP contribution in [0.3, 0.4) is 0 Å². The van der Waals surface area contributed by atoms with Crippen LogP contribution in [0.5, 0.6) is 0 Å². The van der Waals surface area contributed by atoms with Crippen molar-refractivity contribution in [3.05, 3.63) is 24.0 Å². The fourth-order valence-electron chi connectivity index (χ4n) is 2.20. The summed E-state index contributed by atoms with van der Waals surface area (Å²) >= 11 is 0. The Balaban J connectivity index is 3.53. The zero-order valence-corrected chi connectivity index (χ0v) is 13.9.